The lowest BCUT2D eigenvalue weighted by Gasteiger charge is -2.08. The van der Waals surface area contributed by atoms with Gasteiger partial charge in [0.05, 0.1) is 46.0 Å². The molecule has 0 spiro atoms. The molecule has 0 fully saturated rings. The number of carbonyl (C=O) groups excluding carboxylic acids is 2. The van der Waals surface area contributed by atoms with Gasteiger partial charge in [0.25, 0.3) is 22.9 Å². The first-order chi connectivity index (χ1) is 33.7. The molecule has 10 rings (SSSR count). The minimum Gasteiger partial charge on any atom is -0.365 e. The fraction of sp³-hybridized carbons (Fsp3) is 0.0769. The van der Waals surface area contributed by atoms with Gasteiger partial charge in [-0.1, -0.05) is 89.9 Å². The normalized spacial score (nSPS) is 10.9. The van der Waals surface area contributed by atoms with Gasteiger partial charge in [-0.25, -0.2) is 0 Å². The van der Waals surface area contributed by atoms with Crippen LogP contribution in [-0.4, -0.2) is 40.5 Å². The largest absolute Gasteiger partial charge is 0.365 e. The highest BCUT2D eigenvalue weighted by molar-refractivity contribution is 7.16. The van der Waals surface area contributed by atoms with E-state index in [1.165, 1.54) is 32.0 Å². The first kappa shape index (κ1) is 46.7. The molecule has 69 heavy (non-hydrogen) atoms. The van der Waals surface area contributed by atoms with E-state index in [0.29, 0.717) is 80.1 Å². The quantitative estimate of drug-likeness (QED) is 0.110. The van der Waals surface area contributed by atoms with Crippen molar-refractivity contribution in [2.75, 3.05) is 10.6 Å². The van der Waals surface area contributed by atoms with E-state index in [4.69, 9.17) is 23.2 Å². The Morgan fingerprint density at radius 3 is 1.39 bits per heavy atom. The molecule has 0 unspecified atom stereocenters. The van der Waals surface area contributed by atoms with Crippen molar-refractivity contribution in [3.63, 3.8) is 0 Å². The van der Waals surface area contributed by atoms with Crippen LogP contribution in [0.15, 0.2) is 190 Å². The maximum Gasteiger partial charge on any atom is 0.280 e. The second-order valence-corrected chi connectivity index (χ2v) is 19.8. The maximum absolute atomic E-state index is 13.3. The Hall–Kier alpha value is -7.40. The van der Waals surface area contributed by atoms with Crippen LogP contribution in [0.2, 0.25) is 8.67 Å². The average Bonchev–Trinajstić information content (AvgIpc) is 4.25. The number of pyridine rings is 2. The van der Waals surface area contributed by atoms with Gasteiger partial charge in [-0.05, 0) is 101 Å². The fourth-order valence-electron chi connectivity index (χ4n) is 7.31. The molecule has 0 saturated carbocycles. The van der Waals surface area contributed by atoms with Crippen LogP contribution in [0.5, 0.6) is 0 Å². The smallest absolute Gasteiger partial charge is 0.280 e. The zero-order valence-corrected chi connectivity index (χ0v) is 40.4. The van der Waals surface area contributed by atoms with E-state index in [0.717, 1.165) is 20.9 Å². The maximum atomic E-state index is 13.3. The zero-order chi connectivity index (χ0) is 47.7. The third kappa shape index (κ3) is 11.3. The van der Waals surface area contributed by atoms with E-state index in [1.54, 1.807) is 106 Å². The van der Waals surface area contributed by atoms with Crippen molar-refractivity contribution in [1.82, 2.24) is 28.7 Å². The third-order valence-corrected chi connectivity index (χ3v) is 13.9. The number of nitrogens with zero attached hydrogens (tertiary/aromatic N) is 6. The standard InChI is InChI=1S/C27H21ClN4O2S.C25H19ClN4O2S2/c28-24-14-13-21(35-24)17-29-25-16-23(30-32(25)26(33)20-10-5-2-6-11-20)22-12-7-15-31(27(22)34)18-19-8-3-1-4-9-19;26-22-9-8-19(34-22)14-27-23-13-21(28-30(23)24(31)18-5-2-1-3-6-18)20-7-4-11-29(25(20)32)15-17-10-12-33-16-17/h1-16,29H,17-18H2;1-13,16,27H,14-15H2. The molecule has 17 heteroatoms. The number of nitrogens with one attached hydrogen (secondary N) is 2. The summed E-state index contributed by atoms with van der Waals surface area (Å²) in [7, 11) is 0. The van der Waals surface area contributed by atoms with E-state index in [2.05, 4.69) is 20.8 Å². The molecule has 3 aromatic carbocycles. The Kier molecular flexibility index (Phi) is 14.7. The predicted octanol–water partition coefficient (Wildman–Crippen LogP) is 11.6. The van der Waals surface area contributed by atoms with Crippen LogP contribution >= 0.6 is 57.2 Å². The molecule has 0 amide bonds. The first-order valence-electron chi connectivity index (χ1n) is 21.5. The van der Waals surface area contributed by atoms with Crippen LogP contribution in [0, 0.1) is 0 Å². The number of hydrogen-bond acceptors (Lipinski definition) is 11. The van der Waals surface area contributed by atoms with Crippen LogP contribution in [0.25, 0.3) is 22.5 Å². The average molecular weight is 1010 g/mol. The van der Waals surface area contributed by atoms with Gasteiger partial charge < -0.3 is 19.8 Å². The lowest BCUT2D eigenvalue weighted by molar-refractivity contribution is 0.0940. The molecular formula is C52H40Cl2N8O4S3. The minimum absolute atomic E-state index is 0.165. The Morgan fingerprint density at radius 2 is 0.971 bits per heavy atom. The zero-order valence-electron chi connectivity index (χ0n) is 36.4. The number of hydrogen-bond donors (Lipinski definition) is 2. The van der Waals surface area contributed by atoms with Crippen molar-refractivity contribution in [2.45, 2.75) is 26.2 Å². The SMILES string of the molecule is O=C(c1ccccc1)n1nc(-c2cccn(Cc3ccccc3)c2=O)cc1NCc1ccc(Cl)s1.O=C(c1ccccc1)n1nc(-c2cccn(Cc3ccsc3)c2=O)cc1NCc1ccc(Cl)s1. The van der Waals surface area contributed by atoms with E-state index < -0.39 is 0 Å². The van der Waals surface area contributed by atoms with Crippen LogP contribution < -0.4 is 21.8 Å². The van der Waals surface area contributed by atoms with Crippen molar-refractivity contribution < 1.29 is 9.59 Å². The molecule has 0 aliphatic carbocycles. The van der Waals surface area contributed by atoms with Gasteiger partial charge in [0.2, 0.25) is 0 Å². The monoisotopic (exact) mass is 1010 g/mol. The molecule has 10 aromatic rings. The van der Waals surface area contributed by atoms with Gasteiger partial charge in [0, 0.05) is 45.4 Å². The van der Waals surface area contributed by atoms with Crippen LogP contribution in [-0.2, 0) is 26.2 Å². The molecule has 0 atom stereocenters. The highest BCUT2D eigenvalue weighted by Gasteiger charge is 2.21. The van der Waals surface area contributed by atoms with Crippen molar-refractivity contribution in [1.29, 1.82) is 0 Å². The highest BCUT2D eigenvalue weighted by atomic mass is 35.5. The summed E-state index contributed by atoms with van der Waals surface area (Å²) in [5, 5.41) is 19.7. The van der Waals surface area contributed by atoms with Gasteiger partial charge in [-0.3, -0.25) is 19.2 Å². The Balaban J connectivity index is 0.000000172. The van der Waals surface area contributed by atoms with E-state index >= 15 is 0 Å². The number of halogens is 2. The summed E-state index contributed by atoms with van der Waals surface area (Å²) >= 11 is 16.6. The van der Waals surface area contributed by atoms with E-state index in [9.17, 15) is 19.2 Å². The molecule has 0 aliphatic heterocycles. The van der Waals surface area contributed by atoms with Gasteiger partial charge in [-0.15, -0.1) is 22.7 Å². The topological polar surface area (TPSA) is 138 Å². The summed E-state index contributed by atoms with van der Waals surface area (Å²) < 4.78 is 7.31. The van der Waals surface area contributed by atoms with Crippen LogP contribution in [0.4, 0.5) is 11.6 Å². The number of aromatic nitrogens is 6. The Bertz CT molecular complexity index is 3470. The van der Waals surface area contributed by atoms with Crippen molar-refractivity contribution in [3.8, 4) is 22.5 Å². The molecule has 7 heterocycles. The number of anilines is 2. The van der Waals surface area contributed by atoms with Crippen molar-refractivity contribution >= 4 is 80.7 Å². The highest BCUT2D eigenvalue weighted by Crippen LogP contribution is 2.27. The molecule has 0 saturated heterocycles. The van der Waals surface area contributed by atoms with Crippen molar-refractivity contribution in [3.05, 3.63) is 242 Å². The first-order valence-corrected chi connectivity index (χ1v) is 24.8. The van der Waals surface area contributed by atoms with Crippen LogP contribution in [0.3, 0.4) is 0 Å². The number of thiophene rings is 3. The molecule has 7 aromatic heterocycles. The Labute approximate surface area is 417 Å². The van der Waals surface area contributed by atoms with Crippen molar-refractivity contribution in [2.24, 2.45) is 0 Å². The van der Waals surface area contributed by atoms with Crippen LogP contribution in [0.1, 0.15) is 41.6 Å². The molecule has 0 radical (unpaired) electrons. The van der Waals surface area contributed by atoms with Gasteiger partial charge in [0.15, 0.2) is 0 Å². The molecule has 344 valence electrons. The summed E-state index contributed by atoms with van der Waals surface area (Å²) in [4.78, 5) is 55.1. The summed E-state index contributed by atoms with van der Waals surface area (Å²) in [6.07, 6.45) is 3.51. The summed E-state index contributed by atoms with van der Waals surface area (Å²) in [6, 6.07) is 47.8. The number of rotatable bonds is 14. The summed E-state index contributed by atoms with van der Waals surface area (Å²) in [6.45, 7) is 1.87. The second-order valence-electron chi connectivity index (χ2n) is 15.4. The summed E-state index contributed by atoms with van der Waals surface area (Å²) in [5.74, 6) is 0.425. The lowest BCUT2D eigenvalue weighted by Crippen LogP contribution is -2.22. The van der Waals surface area contributed by atoms with E-state index in [-0.39, 0.29) is 22.9 Å². The fourth-order valence-corrected chi connectivity index (χ4v) is 10.0. The number of benzene rings is 3. The minimum atomic E-state index is -0.288. The van der Waals surface area contributed by atoms with Gasteiger partial charge in [-0.2, -0.15) is 30.9 Å². The second kappa shape index (κ2) is 21.7. The summed E-state index contributed by atoms with van der Waals surface area (Å²) in [5.41, 5.74) is 4.45. The molecule has 2 N–H and O–H groups in total. The number of carbonyl (C=O) groups is 2. The predicted molar refractivity (Wildman–Crippen MR) is 278 cm³/mol. The Morgan fingerprint density at radius 1 is 0.522 bits per heavy atom. The third-order valence-electron chi connectivity index (χ3n) is 10.7. The van der Waals surface area contributed by atoms with Gasteiger partial charge >= 0.3 is 0 Å². The lowest BCUT2D eigenvalue weighted by atomic mass is 10.2. The molecular weight excluding hydrogens is 968 g/mol. The molecule has 12 nitrogen and oxygen atoms in total. The molecule has 0 bridgehead atoms. The van der Waals surface area contributed by atoms with E-state index in [1.807, 2.05) is 95.7 Å². The van der Waals surface area contributed by atoms with Gasteiger partial charge in [0.1, 0.15) is 23.0 Å². The molecule has 0 aliphatic rings.